The quantitative estimate of drug-likeness (QED) is 0.670. The highest BCUT2D eigenvalue weighted by Gasteiger charge is 2.12. The Bertz CT molecular complexity index is 839. The van der Waals surface area contributed by atoms with Crippen molar-refractivity contribution in [3.8, 4) is 0 Å². The molecule has 0 unspecified atom stereocenters. The number of hydrogen-bond acceptors (Lipinski definition) is 8. The van der Waals surface area contributed by atoms with Crippen molar-refractivity contribution < 1.29 is 14.4 Å². The van der Waals surface area contributed by atoms with E-state index in [0.717, 1.165) is 0 Å². The summed E-state index contributed by atoms with van der Waals surface area (Å²) < 4.78 is 6.79. The largest absolute Gasteiger partial charge is 0.477 e. The first-order valence-corrected chi connectivity index (χ1v) is 6.86. The molecule has 3 aromatic heterocycles. The van der Waals surface area contributed by atoms with Gasteiger partial charge >= 0.3 is 5.97 Å². The third-order valence-electron chi connectivity index (χ3n) is 3.09. The third kappa shape index (κ3) is 3.05. The number of fused-ring (bicyclic) bond motifs is 1. The van der Waals surface area contributed by atoms with Crippen LogP contribution in [0.3, 0.4) is 0 Å². The summed E-state index contributed by atoms with van der Waals surface area (Å²) >= 11 is 0. The number of carboxylic acids is 1. The van der Waals surface area contributed by atoms with Crippen molar-refractivity contribution in [1.82, 2.24) is 24.5 Å². The van der Waals surface area contributed by atoms with Crippen LogP contribution < -0.4 is 10.2 Å². The fourth-order valence-electron chi connectivity index (χ4n) is 1.97. The number of aromatic carboxylic acids is 1. The molecule has 2 N–H and O–H groups in total. The molecule has 0 saturated carbocycles. The number of carboxylic acid groups (broad SMARTS) is 1. The molecule has 0 amide bonds. The number of hydrogen-bond donors (Lipinski definition) is 2. The summed E-state index contributed by atoms with van der Waals surface area (Å²) in [5.41, 5.74) is 0.437. The molecule has 3 rings (SSSR count). The van der Waals surface area contributed by atoms with Crippen molar-refractivity contribution >= 4 is 23.5 Å². The van der Waals surface area contributed by atoms with Crippen molar-refractivity contribution in [2.24, 2.45) is 0 Å². The summed E-state index contributed by atoms with van der Waals surface area (Å²) in [4.78, 5) is 25.2. The number of carbonyl (C=O) groups is 1. The Morgan fingerprint density at radius 1 is 1.43 bits per heavy atom. The number of anilines is 2. The van der Waals surface area contributed by atoms with Crippen LogP contribution in [-0.2, 0) is 6.42 Å². The van der Waals surface area contributed by atoms with Crippen molar-refractivity contribution in [3.63, 3.8) is 0 Å². The van der Waals surface area contributed by atoms with Crippen molar-refractivity contribution in [2.75, 3.05) is 30.9 Å². The summed E-state index contributed by atoms with van der Waals surface area (Å²) in [6.45, 7) is 0.457. The minimum atomic E-state index is -1.11. The first-order valence-electron chi connectivity index (χ1n) is 6.86. The number of rotatable bonds is 6. The lowest BCUT2D eigenvalue weighted by molar-refractivity contribution is 0.0690. The van der Waals surface area contributed by atoms with Gasteiger partial charge in [-0.15, -0.1) is 0 Å². The molecule has 120 valence electrons. The zero-order valence-corrected chi connectivity index (χ0v) is 12.6. The molecule has 0 spiro atoms. The molecule has 0 aliphatic heterocycles. The van der Waals surface area contributed by atoms with Gasteiger partial charge in [-0.25, -0.2) is 14.8 Å². The maximum atomic E-state index is 11.1. The normalized spacial score (nSPS) is 10.9. The van der Waals surface area contributed by atoms with Crippen molar-refractivity contribution in [3.05, 3.63) is 30.0 Å². The number of imidazole rings is 1. The topological polar surface area (TPSA) is 122 Å². The second-order valence-corrected chi connectivity index (χ2v) is 4.98. The Balaban J connectivity index is 1.73. The van der Waals surface area contributed by atoms with Crippen molar-refractivity contribution in [2.45, 2.75) is 6.42 Å². The number of aromatic nitrogens is 5. The Hall–Kier alpha value is -3.17. The van der Waals surface area contributed by atoms with E-state index < -0.39 is 5.97 Å². The summed E-state index contributed by atoms with van der Waals surface area (Å²) in [5.74, 6) is 0.274. The molecule has 10 nitrogen and oxygen atoms in total. The number of nitrogens with zero attached hydrogens (tertiary/aromatic N) is 6. The fourth-order valence-corrected chi connectivity index (χ4v) is 1.97. The van der Waals surface area contributed by atoms with Gasteiger partial charge in [-0.3, -0.25) is 4.40 Å². The van der Waals surface area contributed by atoms with Crippen LogP contribution in [-0.4, -0.2) is 56.2 Å². The summed E-state index contributed by atoms with van der Waals surface area (Å²) in [6.07, 6.45) is 3.76. The molecule has 0 radical (unpaired) electrons. The highest BCUT2D eigenvalue weighted by molar-refractivity contribution is 5.87. The van der Waals surface area contributed by atoms with Crippen LogP contribution in [0, 0.1) is 0 Å². The Morgan fingerprint density at radius 2 is 2.26 bits per heavy atom. The van der Waals surface area contributed by atoms with Crippen LogP contribution in [0.4, 0.5) is 11.9 Å². The van der Waals surface area contributed by atoms with Crippen LogP contribution in [0.2, 0.25) is 0 Å². The second kappa shape index (κ2) is 5.91. The van der Waals surface area contributed by atoms with Gasteiger partial charge in [0.15, 0.2) is 5.69 Å². The van der Waals surface area contributed by atoms with Crippen LogP contribution in [0.15, 0.2) is 23.0 Å². The molecule has 10 heteroatoms. The highest BCUT2D eigenvalue weighted by atomic mass is 16.5. The SMILES string of the molecule is CN(C)c1noc(CCNc2nc(C(=O)O)cc3nccn23)n1. The van der Waals surface area contributed by atoms with Gasteiger partial charge in [0.2, 0.25) is 11.8 Å². The zero-order valence-electron chi connectivity index (χ0n) is 12.6. The predicted molar refractivity (Wildman–Crippen MR) is 80.8 cm³/mol. The van der Waals surface area contributed by atoms with E-state index in [0.29, 0.717) is 36.4 Å². The highest BCUT2D eigenvalue weighted by Crippen LogP contribution is 2.12. The first kappa shape index (κ1) is 14.8. The van der Waals surface area contributed by atoms with Gasteiger partial charge in [0.1, 0.15) is 5.65 Å². The summed E-state index contributed by atoms with van der Waals surface area (Å²) in [5, 5.41) is 16.0. The summed E-state index contributed by atoms with van der Waals surface area (Å²) in [7, 11) is 3.65. The van der Waals surface area contributed by atoms with E-state index in [4.69, 9.17) is 9.63 Å². The molecule has 0 atom stereocenters. The van der Waals surface area contributed by atoms with E-state index in [1.165, 1.54) is 6.07 Å². The third-order valence-corrected chi connectivity index (χ3v) is 3.09. The maximum Gasteiger partial charge on any atom is 0.354 e. The lowest BCUT2D eigenvalue weighted by atomic mass is 10.4. The lowest BCUT2D eigenvalue weighted by Crippen LogP contribution is -2.13. The van der Waals surface area contributed by atoms with Gasteiger partial charge in [-0.2, -0.15) is 4.98 Å². The van der Waals surface area contributed by atoms with Gasteiger partial charge in [-0.05, 0) is 5.16 Å². The summed E-state index contributed by atoms with van der Waals surface area (Å²) in [6, 6.07) is 1.41. The molecular weight excluding hydrogens is 302 g/mol. The minimum absolute atomic E-state index is 0.0705. The predicted octanol–water partition coefficient (Wildman–Crippen LogP) is 0.531. The Morgan fingerprint density at radius 3 is 2.96 bits per heavy atom. The molecule has 3 aromatic rings. The Labute approximate surface area is 130 Å². The molecule has 0 saturated heterocycles. The molecule has 23 heavy (non-hydrogen) atoms. The van der Waals surface area contributed by atoms with Gasteiger partial charge in [-0.1, -0.05) is 0 Å². The van der Waals surface area contributed by atoms with Crippen LogP contribution in [0.5, 0.6) is 0 Å². The minimum Gasteiger partial charge on any atom is -0.477 e. The van der Waals surface area contributed by atoms with Gasteiger partial charge in [0.25, 0.3) is 5.95 Å². The molecule has 3 heterocycles. The molecule has 0 aromatic carbocycles. The van der Waals surface area contributed by atoms with Crippen LogP contribution in [0.25, 0.3) is 5.65 Å². The van der Waals surface area contributed by atoms with E-state index in [-0.39, 0.29) is 5.69 Å². The van der Waals surface area contributed by atoms with E-state index in [9.17, 15) is 4.79 Å². The smallest absolute Gasteiger partial charge is 0.354 e. The van der Waals surface area contributed by atoms with E-state index in [1.54, 1.807) is 21.7 Å². The zero-order chi connectivity index (χ0) is 16.4. The van der Waals surface area contributed by atoms with Gasteiger partial charge in [0, 0.05) is 45.5 Å². The van der Waals surface area contributed by atoms with E-state index in [1.807, 2.05) is 14.1 Å². The van der Waals surface area contributed by atoms with E-state index in [2.05, 4.69) is 25.4 Å². The monoisotopic (exact) mass is 317 g/mol. The van der Waals surface area contributed by atoms with E-state index >= 15 is 0 Å². The maximum absolute atomic E-state index is 11.1. The van der Waals surface area contributed by atoms with Gasteiger partial charge < -0.3 is 19.8 Å². The molecule has 0 bridgehead atoms. The molecule has 0 aliphatic rings. The lowest BCUT2D eigenvalue weighted by Gasteiger charge is -2.07. The first-order chi connectivity index (χ1) is 11.0. The van der Waals surface area contributed by atoms with Gasteiger partial charge in [0.05, 0.1) is 0 Å². The number of nitrogens with one attached hydrogen (secondary N) is 1. The second-order valence-electron chi connectivity index (χ2n) is 4.98. The molecular formula is C13H15N7O3. The Kier molecular flexibility index (Phi) is 3.79. The fraction of sp³-hybridized carbons (Fsp3) is 0.308. The molecule has 0 aliphatic carbocycles. The average molecular weight is 317 g/mol. The average Bonchev–Trinajstić information content (AvgIpc) is 3.15. The molecule has 0 fully saturated rings. The standard InChI is InChI=1S/C13H15N7O3/c1-19(2)13-17-10(23-18-13)3-4-15-12-16-8(11(21)22)7-9-14-5-6-20(9)12/h5-7H,3-4H2,1-2H3,(H,15,16)(H,21,22). The van der Waals surface area contributed by atoms with Crippen LogP contribution in [0.1, 0.15) is 16.4 Å². The van der Waals surface area contributed by atoms with Crippen LogP contribution >= 0.6 is 0 Å². The van der Waals surface area contributed by atoms with Crippen molar-refractivity contribution in [1.29, 1.82) is 0 Å².